The third-order valence-electron chi connectivity index (χ3n) is 3.92. The van der Waals surface area contributed by atoms with Crippen LogP contribution in [0.25, 0.3) is 0 Å². The Morgan fingerprint density at radius 2 is 1.94 bits per heavy atom. The van der Waals surface area contributed by atoms with Crippen LogP contribution in [0.3, 0.4) is 0 Å². The lowest BCUT2D eigenvalue weighted by Crippen LogP contribution is -2.61. The van der Waals surface area contributed by atoms with Crippen LogP contribution in [0.4, 0.5) is 0 Å². The predicted octanol–water partition coefficient (Wildman–Crippen LogP) is 2.40. The number of allylic oxidation sites excluding steroid dienone is 1. The Morgan fingerprint density at radius 1 is 1.25 bits per heavy atom. The molecule has 1 heterocycles. The minimum absolute atomic E-state index is 0.172. The number of carbonyl (C=O) groups excluding carboxylic acids is 1. The van der Waals surface area contributed by atoms with E-state index in [9.17, 15) is 4.79 Å². The lowest BCUT2D eigenvalue weighted by molar-refractivity contribution is -0.156. The molecule has 2 heteroatoms. The molecule has 0 aromatic rings. The fourth-order valence-electron chi connectivity index (χ4n) is 3.10. The monoisotopic (exact) mass is 217 g/mol. The molecule has 1 aliphatic heterocycles. The summed E-state index contributed by atoms with van der Waals surface area (Å²) in [6.45, 7) is 12.2. The van der Waals surface area contributed by atoms with Gasteiger partial charge >= 0.3 is 0 Å². The number of fused-ring (bicyclic) bond motifs is 1. The first-order valence-electron chi connectivity index (χ1n) is 5.91. The summed E-state index contributed by atoms with van der Waals surface area (Å²) in [6.07, 6.45) is 7.69. The van der Waals surface area contributed by atoms with Gasteiger partial charge in [0.1, 0.15) is 0 Å². The van der Waals surface area contributed by atoms with Gasteiger partial charge in [0.2, 0.25) is 5.91 Å². The summed E-state index contributed by atoms with van der Waals surface area (Å²) in [6, 6.07) is 0.368. The summed E-state index contributed by atoms with van der Waals surface area (Å²) in [5.41, 5.74) is 0. The van der Waals surface area contributed by atoms with E-state index in [1.165, 1.54) is 0 Å². The summed E-state index contributed by atoms with van der Waals surface area (Å²) < 4.78 is 0. The maximum atomic E-state index is 12.0. The predicted molar refractivity (Wildman–Crippen MR) is 65.8 cm³/mol. The Bertz CT molecular complexity index is 334. The van der Waals surface area contributed by atoms with Crippen molar-refractivity contribution in [3.63, 3.8) is 0 Å². The molecule has 86 valence electrons. The summed E-state index contributed by atoms with van der Waals surface area (Å²) in [4.78, 5) is 14.0. The lowest BCUT2D eigenvalue weighted by Gasteiger charge is -2.46. The molecule has 2 fully saturated rings. The molecule has 2 aliphatic rings. The molecule has 1 amide bonds. The van der Waals surface area contributed by atoms with Crippen LogP contribution in [0.2, 0.25) is 0 Å². The minimum atomic E-state index is 0.172. The van der Waals surface area contributed by atoms with E-state index in [-0.39, 0.29) is 5.92 Å². The zero-order valence-electron chi connectivity index (χ0n) is 9.64. The summed E-state index contributed by atoms with van der Waals surface area (Å²) >= 11 is 0. The van der Waals surface area contributed by atoms with Crippen molar-refractivity contribution in [2.75, 3.05) is 6.54 Å². The SMILES string of the molecule is C=CCCN1C(=O)[C@H]2[C@@H]1[C@H](C=C)C[C@@H]2C=C. The van der Waals surface area contributed by atoms with Crippen molar-refractivity contribution in [2.45, 2.75) is 18.9 Å². The first-order chi connectivity index (χ1) is 7.74. The van der Waals surface area contributed by atoms with Crippen LogP contribution in [0.15, 0.2) is 38.0 Å². The summed E-state index contributed by atoms with van der Waals surface area (Å²) in [5, 5.41) is 0. The van der Waals surface area contributed by atoms with E-state index in [2.05, 4.69) is 19.7 Å². The van der Waals surface area contributed by atoms with Crippen molar-refractivity contribution >= 4 is 5.91 Å². The highest BCUT2D eigenvalue weighted by atomic mass is 16.2. The highest BCUT2D eigenvalue weighted by molar-refractivity contribution is 5.87. The summed E-state index contributed by atoms with van der Waals surface area (Å²) in [7, 11) is 0. The molecule has 4 atom stereocenters. The molecule has 0 N–H and O–H groups in total. The maximum Gasteiger partial charge on any atom is 0.228 e. The second-order valence-electron chi connectivity index (χ2n) is 4.66. The molecule has 0 aromatic heterocycles. The smallest absolute Gasteiger partial charge is 0.228 e. The largest absolute Gasteiger partial charge is 0.338 e. The molecular formula is C14H19NO. The first-order valence-corrected chi connectivity index (χ1v) is 5.91. The van der Waals surface area contributed by atoms with E-state index in [0.29, 0.717) is 23.8 Å². The van der Waals surface area contributed by atoms with Gasteiger partial charge in [-0.05, 0) is 24.7 Å². The average Bonchev–Trinajstić information content (AvgIpc) is 2.64. The van der Waals surface area contributed by atoms with Gasteiger partial charge in [0.25, 0.3) is 0 Å². The van der Waals surface area contributed by atoms with Gasteiger partial charge in [0, 0.05) is 6.54 Å². The number of likely N-dealkylation sites (tertiary alicyclic amines) is 1. The maximum absolute atomic E-state index is 12.0. The third kappa shape index (κ3) is 1.44. The Balaban J connectivity index is 2.11. The molecule has 1 saturated heterocycles. The topological polar surface area (TPSA) is 20.3 Å². The van der Waals surface area contributed by atoms with Gasteiger partial charge in [-0.3, -0.25) is 4.79 Å². The standard InChI is InChI=1S/C14H19NO/c1-4-7-8-15-13-11(6-3)9-10(5-2)12(13)14(15)16/h4-6,10-13H,1-3,7-9H2/t10-,11+,12+,13-/m0/s1. The van der Waals surface area contributed by atoms with E-state index in [0.717, 1.165) is 19.4 Å². The number of carbonyl (C=O) groups is 1. The number of β-lactam (4-membered cyclic amide) rings is 1. The van der Waals surface area contributed by atoms with Gasteiger partial charge in [-0.15, -0.1) is 19.7 Å². The average molecular weight is 217 g/mol. The van der Waals surface area contributed by atoms with Crippen LogP contribution < -0.4 is 0 Å². The molecule has 0 unspecified atom stereocenters. The number of amides is 1. The second-order valence-corrected chi connectivity index (χ2v) is 4.66. The highest BCUT2D eigenvalue weighted by Crippen LogP contribution is 2.48. The quantitative estimate of drug-likeness (QED) is 0.511. The molecule has 16 heavy (non-hydrogen) atoms. The number of nitrogens with zero attached hydrogens (tertiary/aromatic N) is 1. The van der Waals surface area contributed by atoms with Crippen LogP contribution in [0.5, 0.6) is 0 Å². The Kier molecular flexibility index (Phi) is 2.99. The van der Waals surface area contributed by atoms with Crippen molar-refractivity contribution < 1.29 is 4.79 Å². The Morgan fingerprint density at radius 3 is 2.50 bits per heavy atom. The van der Waals surface area contributed by atoms with Crippen LogP contribution in [0, 0.1) is 17.8 Å². The molecule has 2 rings (SSSR count). The van der Waals surface area contributed by atoms with Crippen LogP contribution in [0.1, 0.15) is 12.8 Å². The molecular weight excluding hydrogens is 198 g/mol. The number of hydrogen-bond acceptors (Lipinski definition) is 1. The zero-order chi connectivity index (χ0) is 11.7. The normalized spacial score (nSPS) is 36.5. The Hall–Kier alpha value is -1.31. The molecule has 0 bridgehead atoms. The van der Waals surface area contributed by atoms with Gasteiger partial charge in [0.05, 0.1) is 12.0 Å². The first kappa shape index (κ1) is 11.2. The third-order valence-corrected chi connectivity index (χ3v) is 3.92. The van der Waals surface area contributed by atoms with Crippen molar-refractivity contribution in [1.82, 2.24) is 4.90 Å². The molecule has 0 spiro atoms. The van der Waals surface area contributed by atoms with Crippen LogP contribution in [-0.4, -0.2) is 23.4 Å². The lowest BCUT2D eigenvalue weighted by atomic mass is 9.82. The van der Waals surface area contributed by atoms with Crippen LogP contribution in [-0.2, 0) is 4.79 Å². The van der Waals surface area contributed by atoms with E-state index in [1.54, 1.807) is 0 Å². The zero-order valence-corrected chi connectivity index (χ0v) is 9.64. The highest BCUT2D eigenvalue weighted by Gasteiger charge is 2.57. The molecule has 1 aliphatic carbocycles. The Labute approximate surface area is 97.3 Å². The van der Waals surface area contributed by atoms with Crippen molar-refractivity contribution in [3.05, 3.63) is 38.0 Å². The number of rotatable bonds is 5. The second kappa shape index (κ2) is 4.28. The van der Waals surface area contributed by atoms with E-state index in [1.807, 2.05) is 23.1 Å². The number of hydrogen-bond donors (Lipinski definition) is 0. The molecule has 1 saturated carbocycles. The van der Waals surface area contributed by atoms with Gasteiger partial charge in [-0.25, -0.2) is 0 Å². The van der Waals surface area contributed by atoms with E-state index >= 15 is 0 Å². The van der Waals surface area contributed by atoms with Crippen molar-refractivity contribution in [3.8, 4) is 0 Å². The fraction of sp³-hybridized carbons (Fsp3) is 0.500. The molecule has 0 radical (unpaired) electrons. The summed E-state index contributed by atoms with van der Waals surface area (Å²) in [5.74, 6) is 1.25. The van der Waals surface area contributed by atoms with Crippen molar-refractivity contribution in [1.29, 1.82) is 0 Å². The van der Waals surface area contributed by atoms with Crippen molar-refractivity contribution in [2.24, 2.45) is 17.8 Å². The molecule has 0 aromatic carbocycles. The van der Waals surface area contributed by atoms with Gasteiger partial charge in [-0.2, -0.15) is 0 Å². The van der Waals surface area contributed by atoms with Gasteiger partial charge < -0.3 is 4.90 Å². The van der Waals surface area contributed by atoms with E-state index < -0.39 is 0 Å². The fourth-order valence-corrected chi connectivity index (χ4v) is 3.10. The molecule has 2 nitrogen and oxygen atoms in total. The van der Waals surface area contributed by atoms with Crippen LogP contribution >= 0.6 is 0 Å². The van der Waals surface area contributed by atoms with Gasteiger partial charge in [-0.1, -0.05) is 18.2 Å². The van der Waals surface area contributed by atoms with Gasteiger partial charge in [0.15, 0.2) is 0 Å². The minimum Gasteiger partial charge on any atom is -0.338 e. The van der Waals surface area contributed by atoms with E-state index in [4.69, 9.17) is 0 Å².